The molecule has 2 aliphatic rings. The van der Waals surface area contributed by atoms with Crippen molar-refractivity contribution < 1.29 is 13.2 Å². The summed E-state index contributed by atoms with van der Waals surface area (Å²) in [6, 6.07) is 8.21. The molecule has 0 unspecified atom stereocenters. The summed E-state index contributed by atoms with van der Waals surface area (Å²) in [5, 5.41) is 0. The normalized spacial score (nSPS) is 22.8. The molecule has 0 saturated carbocycles. The fraction of sp³-hybridized carbons (Fsp3) is 0.588. The number of amides is 1. The van der Waals surface area contributed by atoms with Crippen molar-refractivity contribution in [3.63, 3.8) is 0 Å². The van der Waals surface area contributed by atoms with Crippen LogP contribution in [0.3, 0.4) is 0 Å². The summed E-state index contributed by atoms with van der Waals surface area (Å²) in [5.41, 5.74) is 2.23. The van der Waals surface area contributed by atoms with Crippen LogP contribution in [-0.4, -0.2) is 56.2 Å². The highest BCUT2D eigenvalue weighted by Crippen LogP contribution is 2.34. The Bertz CT molecular complexity index is 724. The first-order chi connectivity index (χ1) is 11.3. The Kier molecular flexibility index (Phi) is 4.68. The molecule has 0 spiro atoms. The molecule has 1 atom stereocenters. The molecule has 1 amide bonds. The van der Waals surface area contributed by atoms with Crippen molar-refractivity contribution >= 4 is 21.8 Å². The van der Waals surface area contributed by atoms with Crippen molar-refractivity contribution in [3.8, 4) is 0 Å². The Morgan fingerprint density at radius 3 is 2.42 bits per heavy atom. The third-order valence-electron chi connectivity index (χ3n) is 5.04. The maximum absolute atomic E-state index is 13.0. The van der Waals surface area contributed by atoms with Crippen LogP contribution in [0.15, 0.2) is 24.3 Å². The molecule has 7 heteroatoms. The first-order valence-corrected chi connectivity index (χ1v) is 9.80. The number of anilines is 1. The quantitative estimate of drug-likeness (QED) is 0.829. The highest BCUT2D eigenvalue weighted by Gasteiger charge is 2.38. The van der Waals surface area contributed by atoms with Gasteiger partial charge in [0.15, 0.2) is 0 Å². The van der Waals surface area contributed by atoms with E-state index in [1.807, 2.05) is 23.1 Å². The zero-order valence-electron chi connectivity index (χ0n) is 14.5. The van der Waals surface area contributed by atoms with Gasteiger partial charge in [-0.1, -0.05) is 18.2 Å². The summed E-state index contributed by atoms with van der Waals surface area (Å²) in [4.78, 5) is 14.9. The van der Waals surface area contributed by atoms with Gasteiger partial charge < -0.3 is 4.90 Å². The molecule has 1 aromatic rings. The lowest BCUT2D eigenvalue weighted by Crippen LogP contribution is -2.48. The molecule has 1 saturated heterocycles. The van der Waals surface area contributed by atoms with Crippen LogP contribution in [-0.2, 0) is 21.4 Å². The average Bonchev–Trinajstić information content (AvgIpc) is 2.90. The van der Waals surface area contributed by atoms with Crippen LogP contribution < -0.4 is 4.90 Å². The molecular weight excluding hydrogens is 326 g/mol. The Labute approximate surface area is 144 Å². The number of nitrogens with zero attached hydrogens (tertiary/aromatic N) is 3. The average molecular weight is 351 g/mol. The molecule has 0 bridgehead atoms. The summed E-state index contributed by atoms with van der Waals surface area (Å²) >= 11 is 0. The van der Waals surface area contributed by atoms with Gasteiger partial charge in [0.25, 0.3) is 10.2 Å². The third-order valence-corrected chi connectivity index (χ3v) is 6.98. The first kappa shape index (κ1) is 17.4. The second-order valence-electron chi connectivity index (χ2n) is 6.85. The van der Waals surface area contributed by atoms with Crippen molar-refractivity contribution in [2.45, 2.75) is 32.2 Å². The minimum atomic E-state index is -3.39. The van der Waals surface area contributed by atoms with E-state index in [1.54, 1.807) is 0 Å². The molecule has 2 aliphatic heterocycles. The molecule has 24 heavy (non-hydrogen) atoms. The number of para-hydroxylation sites is 1. The number of piperidine rings is 1. The van der Waals surface area contributed by atoms with E-state index in [0.29, 0.717) is 25.9 Å². The summed E-state index contributed by atoms with van der Waals surface area (Å²) in [6.45, 7) is 2.88. The van der Waals surface area contributed by atoms with E-state index < -0.39 is 10.2 Å². The van der Waals surface area contributed by atoms with E-state index >= 15 is 0 Å². The molecule has 2 heterocycles. The second kappa shape index (κ2) is 6.46. The summed E-state index contributed by atoms with van der Waals surface area (Å²) < 4.78 is 27.1. The number of hydrogen-bond acceptors (Lipinski definition) is 3. The molecule has 1 fully saturated rings. The Morgan fingerprint density at radius 2 is 1.79 bits per heavy atom. The highest BCUT2D eigenvalue weighted by atomic mass is 32.2. The minimum absolute atomic E-state index is 0.104. The smallest absolute Gasteiger partial charge is 0.281 e. The Hall–Kier alpha value is -1.44. The van der Waals surface area contributed by atoms with Gasteiger partial charge in [-0.05, 0) is 37.8 Å². The number of fused-ring (bicyclic) bond motifs is 1. The minimum Gasteiger partial charge on any atom is -0.309 e. The summed E-state index contributed by atoms with van der Waals surface area (Å²) in [6.07, 6.45) is 2.05. The predicted molar refractivity (Wildman–Crippen MR) is 94.0 cm³/mol. The van der Waals surface area contributed by atoms with Gasteiger partial charge >= 0.3 is 0 Å². The van der Waals surface area contributed by atoms with Crippen LogP contribution in [0.5, 0.6) is 0 Å². The van der Waals surface area contributed by atoms with Gasteiger partial charge in [0, 0.05) is 44.8 Å². The molecule has 1 aromatic carbocycles. The zero-order valence-corrected chi connectivity index (χ0v) is 15.3. The number of hydrogen-bond donors (Lipinski definition) is 0. The van der Waals surface area contributed by atoms with E-state index in [2.05, 4.69) is 13.0 Å². The SMILES string of the molecule is C[C@H]1Cc2ccccc2N1C(=O)C1CCN(S(=O)(=O)N(C)C)CC1. The van der Waals surface area contributed by atoms with E-state index in [-0.39, 0.29) is 17.9 Å². The van der Waals surface area contributed by atoms with Gasteiger partial charge in [-0.3, -0.25) is 4.79 Å². The monoisotopic (exact) mass is 351 g/mol. The van der Waals surface area contributed by atoms with Gasteiger partial charge in [0.05, 0.1) is 0 Å². The maximum Gasteiger partial charge on any atom is 0.281 e. The van der Waals surface area contributed by atoms with Gasteiger partial charge in [-0.2, -0.15) is 17.0 Å². The van der Waals surface area contributed by atoms with Crippen molar-refractivity contribution in [2.75, 3.05) is 32.1 Å². The maximum atomic E-state index is 13.0. The largest absolute Gasteiger partial charge is 0.309 e. The standard InChI is InChI=1S/C17H25N3O3S/c1-13-12-15-6-4-5-7-16(15)20(13)17(21)14-8-10-19(11-9-14)24(22,23)18(2)3/h4-7,13-14H,8-12H2,1-3H3/t13-/m0/s1. The lowest BCUT2D eigenvalue weighted by atomic mass is 9.96. The molecule has 132 valence electrons. The summed E-state index contributed by atoms with van der Waals surface area (Å²) in [5.74, 6) is 0.0292. The number of carbonyl (C=O) groups excluding carboxylic acids is 1. The predicted octanol–water partition coefficient (Wildman–Crippen LogP) is 1.48. The lowest BCUT2D eigenvalue weighted by Gasteiger charge is -2.34. The molecule has 0 radical (unpaired) electrons. The molecule has 0 N–H and O–H groups in total. The van der Waals surface area contributed by atoms with Crippen LogP contribution in [0.25, 0.3) is 0 Å². The van der Waals surface area contributed by atoms with Crippen molar-refractivity contribution in [1.82, 2.24) is 8.61 Å². The van der Waals surface area contributed by atoms with E-state index in [1.165, 1.54) is 28.3 Å². The fourth-order valence-electron chi connectivity index (χ4n) is 3.66. The highest BCUT2D eigenvalue weighted by molar-refractivity contribution is 7.86. The molecule has 0 aliphatic carbocycles. The number of benzene rings is 1. The molecule has 6 nitrogen and oxygen atoms in total. The fourth-order valence-corrected chi connectivity index (χ4v) is 4.80. The van der Waals surface area contributed by atoms with Gasteiger partial charge in [-0.25, -0.2) is 0 Å². The lowest BCUT2D eigenvalue weighted by molar-refractivity contribution is -0.123. The van der Waals surface area contributed by atoms with Crippen LogP contribution in [0.1, 0.15) is 25.3 Å². The third kappa shape index (κ3) is 2.96. The Morgan fingerprint density at radius 1 is 1.17 bits per heavy atom. The molecular formula is C17H25N3O3S. The van der Waals surface area contributed by atoms with Crippen molar-refractivity contribution in [2.24, 2.45) is 5.92 Å². The van der Waals surface area contributed by atoms with Crippen molar-refractivity contribution in [3.05, 3.63) is 29.8 Å². The van der Waals surface area contributed by atoms with E-state index in [4.69, 9.17) is 0 Å². The van der Waals surface area contributed by atoms with Gasteiger partial charge in [0.2, 0.25) is 5.91 Å². The van der Waals surface area contributed by atoms with Gasteiger partial charge in [-0.15, -0.1) is 0 Å². The van der Waals surface area contributed by atoms with Crippen LogP contribution in [0, 0.1) is 5.92 Å². The zero-order chi connectivity index (χ0) is 17.5. The number of rotatable bonds is 3. The number of carbonyl (C=O) groups is 1. The topological polar surface area (TPSA) is 60.9 Å². The van der Waals surface area contributed by atoms with Crippen LogP contribution in [0.2, 0.25) is 0 Å². The summed E-state index contributed by atoms with van der Waals surface area (Å²) in [7, 11) is -0.312. The van der Waals surface area contributed by atoms with E-state index in [9.17, 15) is 13.2 Å². The van der Waals surface area contributed by atoms with E-state index in [0.717, 1.165) is 12.1 Å². The van der Waals surface area contributed by atoms with Gasteiger partial charge in [0.1, 0.15) is 0 Å². The van der Waals surface area contributed by atoms with Crippen LogP contribution in [0.4, 0.5) is 5.69 Å². The molecule has 3 rings (SSSR count). The first-order valence-electron chi connectivity index (χ1n) is 8.41. The molecule has 0 aromatic heterocycles. The van der Waals surface area contributed by atoms with Crippen LogP contribution >= 0.6 is 0 Å². The van der Waals surface area contributed by atoms with Crippen molar-refractivity contribution in [1.29, 1.82) is 0 Å². The Balaban J connectivity index is 1.70. The second-order valence-corrected chi connectivity index (χ2v) is 9.00.